The first-order valence-corrected chi connectivity index (χ1v) is 7.09. The molecule has 0 aliphatic rings. The third-order valence-electron chi connectivity index (χ3n) is 2.29. The molecule has 0 bridgehead atoms. The summed E-state index contributed by atoms with van der Waals surface area (Å²) in [6.07, 6.45) is 0.323. The molecule has 0 saturated carbocycles. The van der Waals surface area contributed by atoms with Crippen LogP contribution in [0.2, 0.25) is 5.02 Å². The predicted molar refractivity (Wildman–Crippen MR) is 67.7 cm³/mol. The zero-order valence-corrected chi connectivity index (χ0v) is 11.3. The van der Waals surface area contributed by atoms with Crippen LogP contribution in [0, 0.1) is 11.3 Å². The van der Waals surface area contributed by atoms with Crippen molar-refractivity contribution in [2.75, 3.05) is 6.61 Å². The summed E-state index contributed by atoms with van der Waals surface area (Å²) in [5.41, 5.74) is 0.221. The van der Waals surface area contributed by atoms with Crippen molar-refractivity contribution < 1.29 is 13.5 Å². The third-order valence-corrected chi connectivity index (χ3v) is 4.19. The van der Waals surface area contributed by atoms with E-state index in [1.807, 2.05) is 6.07 Å². The lowest BCUT2D eigenvalue weighted by Gasteiger charge is -2.13. The summed E-state index contributed by atoms with van der Waals surface area (Å²) in [7, 11) is -3.68. The fourth-order valence-electron chi connectivity index (χ4n) is 1.34. The van der Waals surface area contributed by atoms with Crippen molar-refractivity contribution in [3.8, 4) is 6.07 Å². The number of aliphatic hydroxyl groups is 1. The number of nitrogens with zero attached hydrogens (tertiary/aromatic N) is 1. The van der Waals surface area contributed by atoms with Crippen LogP contribution < -0.4 is 4.72 Å². The van der Waals surface area contributed by atoms with E-state index in [0.717, 1.165) is 0 Å². The van der Waals surface area contributed by atoms with Crippen molar-refractivity contribution in [1.29, 1.82) is 5.26 Å². The second-order valence-electron chi connectivity index (χ2n) is 3.79. The van der Waals surface area contributed by atoms with Crippen LogP contribution in [-0.2, 0) is 10.0 Å². The molecule has 0 amide bonds. The molecule has 1 aromatic rings. The number of nitrogens with one attached hydrogen (secondary N) is 1. The van der Waals surface area contributed by atoms with E-state index in [-0.39, 0.29) is 28.1 Å². The molecule has 1 unspecified atom stereocenters. The van der Waals surface area contributed by atoms with Crippen LogP contribution in [0.1, 0.15) is 18.9 Å². The van der Waals surface area contributed by atoms with Gasteiger partial charge in [0.2, 0.25) is 10.0 Å². The predicted octanol–water partition coefficient (Wildman–Crippen LogP) is 1.26. The first-order valence-electron chi connectivity index (χ1n) is 5.23. The standard InChI is InChI=1S/C11H13ClN2O3S/c1-8(4-5-15)14-18(16,17)10-3-2-9(7-13)11(12)6-10/h2-3,6,8,14-15H,4-5H2,1H3. The molecule has 0 radical (unpaired) electrons. The van der Waals surface area contributed by atoms with Gasteiger partial charge in [0.05, 0.1) is 15.5 Å². The zero-order valence-electron chi connectivity index (χ0n) is 9.72. The molecule has 5 nitrogen and oxygen atoms in total. The first kappa shape index (κ1) is 14.9. The second kappa shape index (κ2) is 6.16. The van der Waals surface area contributed by atoms with Crippen LogP contribution in [-0.4, -0.2) is 26.2 Å². The highest BCUT2D eigenvalue weighted by atomic mass is 35.5. The molecule has 1 atom stereocenters. The van der Waals surface area contributed by atoms with E-state index in [1.165, 1.54) is 18.2 Å². The van der Waals surface area contributed by atoms with E-state index in [2.05, 4.69) is 4.72 Å². The van der Waals surface area contributed by atoms with Crippen molar-refractivity contribution in [3.05, 3.63) is 28.8 Å². The lowest BCUT2D eigenvalue weighted by molar-refractivity contribution is 0.275. The van der Waals surface area contributed by atoms with Gasteiger partial charge < -0.3 is 5.11 Å². The lowest BCUT2D eigenvalue weighted by atomic mass is 10.2. The van der Waals surface area contributed by atoms with Gasteiger partial charge in [0.15, 0.2) is 0 Å². The molecule has 98 valence electrons. The molecule has 2 N–H and O–H groups in total. The van der Waals surface area contributed by atoms with Crippen molar-refractivity contribution in [1.82, 2.24) is 4.72 Å². The summed E-state index contributed by atoms with van der Waals surface area (Å²) in [5.74, 6) is 0. The van der Waals surface area contributed by atoms with Gasteiger partial charge in [-0.1, -0.05) is 11.6 Å². The molecule has 1 rings (SSSR count). The summed E-state index contributed by atoms with van der Waals surface area (Å²) in [6, 6.07) is 5.38. The van der Waals surface area contributed by atoms with Crippen LogP contribution in [0.25, 0.3) is 0 Å². The first-order chi connectivity index (χ1) is 8.40. The van der Waals surface area contributed by atoms with E-state index >= 15 is 0 Å². The Hall–Kier alpha value is -1.13. The Morgan fingerprint density at radius 2 is 2.22 bits per heavy atom. The summed E-state index contributed by atoms with van der Waals surface area (Å²) < 4.78 is 26.3. The molecule has 0 aliphatic carbocycles. The molecule has 1 aromatic carbocycles. The minimum atomic E-state index is -3.68. The van der Waals surface area contributed by atoms with Crippen molar-refractivity contribution in [3.63, 3.8) is 0 Å². The number of halogens is 1. The highest BCUT2D eigenvalue weighted by molar-refractivity contribution is 7.89. The van der Waals surface area contributed by atoms with Crippen molar-refractivity contribution >= 4 is 21.6 Å². The van der Waals surface area contributed by atoms with E-state index < -0.39 is 10.0 Å². The Kier molecular flexibility index (Phi) is 5.11. The Balaban J connectivity index is 2.99. The fourth-order valence-corrected chi connectivity index (χ4v) is 2.93. The van der Waals surface area contributed by atoms with Crippen molar-refractivity contribution in [2.45, 2.75) is 24.3 Å². The minimum Gasteiger partial charge on any atom is -0.396 e. The Bertz CT molecular complexity index is 566. The summed E-state index contributed by atoms with van der Waals surface area (Å²) >= 11 is 5.78. The largest absolute Gasteiger partial charge is 0.396 e. The molecular weight excluding hydrogens is 276 g/mol. The Morgan fingerprint density at radius 3 is 2.72 bits per heavy atom. The topological polar surface area (TPSA) is 90.2 Å². The number of hydrogen-bond donors (Lipinski definition) is 2. The number of sulfonamides is 1. The maximum atomic E-state index is 11.9. The van der Waals surface area contributed by atoms with Crippen LogP contribution in [0.5, 0.6) is 0 Å². The lowest BCUT2D eigenvalue weighted by Crippen LogP contribution is -2.33. The van der Waals surface area contributed by atoms with E-state index in [0.29, 0.717) is 6.42 Å². The molecule has 0 spiro atoms. The van der Waals surface area contributed by atoms with E-state index in [9.17, 15) is 8.42 Å². The summed E-state index contributed by atoms with van der Waals surface area (Å²) in [4.78, 5) is -0.00344. The number of nitriles is 1. The van der Waals surface area contributed by atoms with Gasteiger partial charge in [0.25, 0.3) is 0 Å². The molecule has 0 aromatic heterocycles. The molecule has 7 heteroatoms. The highest BCUT2D eigenvalue weighted by Gasteiger charge is 2.18. The normalized spacial score (nSPS) is 13.0. The summed E-state index contributed by atoms with van der Waals surface area (Å²) in [5, 5.41) is 17.5. The van der Waals surface area contributed by atoms with Crippen LogP contribution in [0.4, 0.5) is 0 Å². The van der Waals surface area contributed by atoms with E-state index in [4.69, 9.17) is 22.0 Å². The zero-order chi connectivity index (χ0) is 13.8. The molecule has 18 heavy (non-hydrogen) atoms. The quantitative estimate of drug-likeness (QED) is 0.853. The molecule has 0 heterocycles. The fraction of sp³-hybridized carbons (Fsp3) is 0.364. The van der Waals surface area contributed by atoms with Gasteiger partial charge in [-0.2, -0.15) is 5.26 Å². The van der Waals surface area contributed by atoms with Gasteiger partial charge in [-0.3, -0.25) is 0 Å². The maximum absolute atomic E-state index is 11.9. The van der Waals surface area contributed by atoms with Gasteiger partial charge >= 0.3 is 0 Å². The smallest absolute Gasteiger partial charge is 0.240 e. The molecule has 0 saturated heterocycles. The molecule has 0 aliphatic heterocycles. The van der Waals surface area contributed by atoms with Gasteiger partial charge in [-0.05, 0) is 31.5 Å². The van der Waals surface area contributed by atoms with Gasteiger partial charge in [-0.15, -0.1) is 0 Å². The van der Waals surface area contributed by atoms with Gasteiger partial charge in [0.1, 0.15) is 6.07 Å². The molecule has 0 fully saturated rings. The van der Waals surface area contributed by atoms with Crippen molar-refractivity contribution in [2.24, 2.45) is 0 Å². The van der Waals surface area contributed by atoms with Crippen LogP contribution in [0.15, 0.2) is 23.1 Å². The van der Waals surface area contributed by atoms with Crippen LogP contribution in [0.3, 0.4) is 0 Å². The van der Waals surface area contributed by atoms with Gasteiger partial charge in [0, 0.05) is 12.6 Å². The van der Waals surface area contributed by atoms with Gasteiger partial charge in [-0.25, -0.2) is 13.1 Å². The minimum absolute atomic E-state index is 0.00344. The second-order valence-corrected chi connectivity index (χ2v) is 5.91. The average Bonchev–Trinajstić information content (AvgIpc) is 2.28. The molecular formula is C11H13ClN2O3S. The van der Waals surface area contributed by atoms with Crippen LogP contribution >= 0.6 is 11.6 Å². The summed E-state index contributed by atoms with van der Waals surface area (Å²) in [6.45, 7) is 1.55. The number of hydrogen-bond acceptors (Lipinski definition) is 4. The Morgan fingerprint density at radius 1 is 1.56 bits per heavy atom. The average molecular weight is 289 g/mol. The maximum Gasteiger partial charge on any atom is 0.240 e. The SMILES string of the molecule is CC(CCO)NS(=O)(=O)c1ccc(C#N)c(Cl)c1. The third kappa shape index (κ3) is 3.68. The number of rotatable bonds is 5. The number of aliphatic hydroxyl groups excluding tert-OH is 1. The number of benzene rings is 1. The monoisotopic (exact) mass is 288 g/mol. The highest BCUT2D eigenvalue weighted by Crippen LogP contribution is 2.20. The van der Waals surface area contributed by atoms with E-state index in [1.54, 1.807) is 6.92 Å². The Labute approximate surface area is 111 Å².